The molecule has 2 aliphatic carbocycles. The van der Waals surface area contributed by atoms with Crippen LogP contribution < -0.4 is 0 Å². The van der Waals surface area contributed by atoms with Gasteiger partial charge in [-0.25, -0.2) is 17.9 Å². The van der Waals surface area contributed by atoms with E-state index < -0.39 is 17.0 Å². The number of rotatable bonds is 5. The lowest BCUT2D eigenvalue weighted by atomic mass is 9.64. The molecule has 0 N–H and O–H groups in total. The minimum atomic E-state index is -0.878. The summed E-state index contributed by atoms with van der Waals surface area (Å²) in [6, 6.07) is 10.0. The fourth-order valence-corrected chi connectivity index (χ4v) is 6.24. The molecule has 2 atom stereocenters. The van der Waals surface area contributed by atoms with Gasteiger partial charge in [0.25, 0.3) is 0 Å². The first-order chi connectivity index (χ1) is 16.4. The summed E-state index contributed by atoms with van der Waals surface area (Å²) in [5.41, 5.74) is 2.71. The van der Waals surface area contributed by atoms with Gasteiger partial charge in [-0.2, -0.15) is 5.10 Å². The minimum absolute atomic E-state index is 0.0418. The molecule has 5 rings (SSSR count). The van der Waals surface area contributed by atoms with Gasteiger partial charge in [-0.05, 0) is 86.7 Å². The van der Waals surface area contributed by atoms with Crippen molar-refractivity contribution >= 4 is 23.8 Å². The first-order valence-electron chi connectivity index (χ1n) is 11.2. The SMILES string of the molecule is CCOC(=O)[C@]12Cc3cnn(-c4ccc(F)cc4)c3C=C1CC[C@H](Sc1ccc(F)c(F)c1)C2. The number of halogens is 3. The maximum Gasteiger partial charge on any atom is 0.316 e. The van der Waals surface area contributed by atoms with Crippen molar-refractivity contribution in [3.63, 3.8) is 0 Å². The molecule has 4 nitrogen and oxygen atoms in total. The molecule has 1 fully saturated rings. The van der Waals surface area contributed by atoms with Crippen molar-refractivity contribution in [3.05, 3.63) is 82.9 Å². The fraction of sp³-hybridized carbons (Fsp3) is 0.308. The summed E-state index contributed by atoms with van der Waals surface area (Å²) in [5.74, 6) is -2.34. The molecule has 2 aliphatic rings. The molecule has 1 heterocycles. The van der Waals surface area contributed by atoms with Crippen molar-refractivity contribution in [2.24, 2.45) is 5.41 Å². The molecule has 176 valence electrons. The third-order valence-corrected chi connectivity index (χ3v) is 7.81. The van der Waals surface area contributed by atoms with E-state index in [0.29, 0.717) is 24.2 Å². The number of ether oxygens (including phenoxy) is 1. The van der Waals surface area contributed by atoms with Gasteiger partial charge < -0.3 is 4.74 Å². The third kappa shape index (κ3) is 4.04. The zero-order valence-electron chi connectivity index (χ0n) is 18.6. The predicted molar refractivity (Wildman–Crippen MR) is 124 cm³/mol. The first kappa shape index (κ1) is 22.8. The van der Waals surface area contributed by atoms with Crippen molar-refractivity contribution in [2.45, 2.75) is 42.8 Å². The summed E-state index contributed by atoms with van der Waals surface area (Å²) in [5, 5.41) is 4.55. The molecule has 0 aliphatic heterocycles. The van der Waals surface area contributed by atoms with Crippen molar-refractivity contribution in [1.29, 1.82) is 0 Å². The molecule has 34 heavy (non-hydrogen) atoms. The number of benzene rings is 2. The standard InChI is InChI=1S/C26H23F3N2O2S/c1-2-33-25(32)26-13-16-15-30-31(19-6-4-18(27)5-7-19)24(16)11-17(26)3-8-21(14-26)34-20-9-10-22(28)23(29)12-20/h4-7,9-12,15,21H,2-3,8,13-14H2,1H3/t21-,26-/m0/s1. The number of thioether (sulfide) groups is 1. The normalized spacial score (nSPS) is 21.4. The number of carbonyl (C=O) groups is 1. The molecule has 1 saturated carbocycles. The Morgan fingerprint density at radius 1 is 1.18 bits per heavy atom. The summed E-state index contributed by atoms with van der Waals surface area (Å²) in [4.78, 5) is 14.0. The van der Waals surface area contributed by atoms with Crippen LogP contribution in [0, 0.1) is 22.9 Å². The molecule has 8 heteroatoms. The van der Waals surface area contributed by atoms with Gasteiger partial charge >= 0.3 is 5.97 Å². The minimum Gasteiger partial charge on any atom is -0.465 e. The van der Waals surface area contributed by atoms with Crippen LogP contribution in [0.15, 0.2) is 59.1 Å². The summed E-state index contributed by atoms with van der Waals surface area (Å²) < 4.78 is 47.8. The van der Waals surface area contributed by atoms with Crippen LogP contribution in [0.4, 0.5) is 13.2 Å². The number of hydrogen-bond acceptors (Lipinski definition) is 4. The van der Waals surface area contributed by atoms with Crippen molar-refractivity contribution < 1.29 is 22.7 Å². The Morgan fingerprint density at radius 3 is 2.71 bits per heavy atom. The highest BCUT2D eigenvalue weighted by atomic mass is 32.2. The van der Waals surface area contributed by atoms with Crippen molar-refractivity contribution in [2.75, 3.05) is 6.61 Å². The average Bonchev–Trinajstić information content (AvgIpc) is 3.23. The number of carbonyl (C=O) groups excluding carboxylic acids is 1. The molecular weight excluding hydrogens is 461 g/mol. The van der Waals surface area contributed by atoms with Gasteiger partial charge in [-0.15, -0.1) is 11.8 Å². The molecule has 0 bridgehead atoms. The van der Waals surface area contributed by atoms with Gasteiger partial charge in [0.2, 0.25) is 0 Å². The van der Waals surface area contributed by atoms with Gasteiger partial charge in [0.15, 0.2) is 11.6 Å². The van der Waals surface area contributed by atoms with Crippen LogP contribution in [0.25, 0.3) is 11.8 Å². The van der Waals surface area contributed by atoms with Crippen LogP contribution in [0.1, 0.15) is 37.4 Å². The van der Waals surface area contributed by atoms with Crippen LogP contribution in [0.2, 0.25) is 0 Å². The maximum absolute atomic E-state index is 13.7. The quantitative estimate of drug-likeness (QED) is 0.409. The lowest BCUT2D eigenvalue weighted by Crippen LogP contribution is -2.44. The van der Waals surface area contributed by atoms with E-state index in [1.54, 1.807) is 36.0 Å². The number of esters is 1. The van der Waals surface area contributed by atoms with E-state index >= 15 is 0 Å². The Labute approximate surface area is 199 Å². The zero-order valence-corrected chi connectivity index (χ0v) is 19.4. The molecule has 0 amide bonds. The Kier molecular flexibility index (Phi) is 6.02. The predicted octanol–water partition coefficient (Wildman–Crippen LogP) is 6.12. The van der Waals surface area contributed by atoms with Crippen LogP contribution in [-0.2, 0) is 16.0 Å². The molecular formula is C26H23F3N2O2S. The molecule has 0 unspecified atom stereocenters. The lowest BCUT2D eigenvalue weighted by molar-refractivity contribution is -0.154. The number of nitrogens with zero attached hydrogens (tertiary/aromatic N) is 2. The topological polar surface area (TPSA) is 44.1 Å². The van der Waals surface area contributed by atoms with E-state index in [9.17, 15) is 18.0 Å². The van der Waals surface area contributed by atoms with Gasteiger partial charge in [-0.3, -0.25) is 4.79 Å². The maximum atomic E-state index is 13.7. The van der Waals surface area contributed by atoms with Gasteiger partial charge in [-0.1, -0.05) is 5.57 Å². The van der Waals surface area contributed by atoms with E-state index in [-0.39, 0.29) is 23.6 Å². The highest BCUT2D eigenvalue weighted by Crippen LogP contribution is 2.52. The summed E-state index contributed by atoms with van der Waals surface area (Å²) in [7, 11) is 0. The molecule has 0 radical (unpaired) electrons. The average molecular weight is 485 g/mol. The second kappa shape index (κ2) is 8.98. The Morgan fingerprint density at radius 2 is 1.97 bits per heavy atom. The zero-order chi connectivity index (χ0) is 23.9. The van der Waals surface area contributed by atoms with Crippen LogP contribution in [0.3, 0.4) is 0 Å². The molecule has 1 aromatic heterocycles. The monoisotopic (exact) mass is 484 g/mol. The lowest BCUT2D eigenvalue weighted by Gasteiger charge is -2.42. The van der Waals surface area contributed by atoms with E-state index in [2.05, 4.69) is 5.10 Å². The van der Waals surface area contributed by atoms with Crippen LogP contribution in [-0.4, -0.2) is 27.6 Å². The van der Waals surface area contributed by atoms with Gasteiger partial charge in [0, 0.05) is 10.1 Å². The van der Waals surface area contributed by atoms with E-state index in [0.717, 1.165) is 35.0 Å². The summed E-state index contributed by atoms with van der Waals surface area (Å²) in [6.07, 6.45) is 6.21. The smallest absolute Gasteiger partial charge is 0.316 e. The second-order valence-corrected chi connectivity index (χ2v) is 10.0. The Bertz CT molecular complexity index is 1270. The first-order valence-corrected chi connectivity index (χ1v) is 12.1. The summed E-state index contributed by atoms with van der Waals surface area (Å²) >= 11 is 1.46. The molecule has 2 aromatic carbocycles. The van der Waals surface area contributed by atoms with Crippen LogP contribution in [0.5, 0.6) is 0 Å². The van der Waals surface area contributed by atoms with Crippen LogP contribution >= 0.6 is 11.8 Å². The third-order valence-electron chi connectivity index (χ3n) is 6.55. The van der Waals surface area contributed by atoms with E-state index in [1.807, 2.05) is 6.08 Å². The molecule has 0 spiro atoms. The second-order valence-electron chi connectivity index (χ2n) is 8.65. The number of hydrogen-bond donors (Lipinski definition) is 0. The van der Waals surface area contributed by atoms with Gasteiger partial charge in [0.05, 0.1) is 29.6 Å². The molecule has 0 saturated heterocycles. The molecule has 3 aromatic rings. The Balaban J connectivity index is 1.48. The highest BCUT2D eigenvalue weighted by molar-refractivity contribution is 8.00. The summed E-state index contributed by atoms with van der Waals surface area (Å²) in [6.45, 7) is 2.06. The highest BCUT2D eigenvalue weighted by Gasteiger charge is 2.50. The van der Waals surface area contributed by atoms with Gasteiger partial charge in [0.1, 0.15) is 5.82 Å². The van der Waals surface area contributed by atoms with E-state index in [4.69, 9.17) is 4.74 Å². The Hall–Kier alpha value is -3.00. The largest absolute Gasteiger partial charge is 0.465 e. The van der Waals surface area contributed by atoms with Crippen molar-refractivity contribution in [3.8, 4) is 5.69 Å². The number of aromatic nitrogens is 2. The van der Waals surface area contributed by atoms with E-state index in [1.165, 1.54) is 30.0 Å². The number of fused-ring (bicyclic) bond motifs is 2. The fourth-order valence-electron chi connectivity index (χ4n) is 4.93. The van der Waals surface area contributed by atoms with Crippen molar-refractivity contribution in [1.82, 2.24) is 9.78 Å².